The van der Waals surface area contributed by atoms with E-state index in [1.165, 1.54) is 41.3 Å². The van der Waals surface area contributed by atoms with E-state index in [1.807, 2.05) is 0 Å². The van der Waals surface area contributed by atoms with Crippen molar-refractivity contribution in [2.45, 2.75) is 0 Å². The molecule has 0 radical (unpaired) electrons. The number of benzene rings is 2. The smallest absolute Gasteiger partial charge is 0.268 e. The third-order valence-corrected chi connectivity index (χ3v) is 5.15. The Bertz CT molecular complexity index is 881. The molecular weight excluding hydrogens is 395 g/mol. The van der Waals surface area contributed by atoms with Crippen molar-refractivity contribution in [1.29, 1.82) is 0 Å². The van der Waals surface area contributed by atoms with Crippen LogP contribution < -0.4 is 4.90 Å². The highest BCUT2D eigenvalue weighted by molar-refractivity contribution is 8.27. The molecule has 1 fully saturated rings. The van der Waals surface area contributed by atoms with Crippen molar-refractivity contribution in [3.63, 3.8) is 0 Å². The second-order valence-corrected chi connectivity index (χ2v) is 7.24. The number of nitrogens with zero attached hydrogens (tertiary/aromatic N) is 1. The van der Waals surface area contributed by atoms with Gasteiger partial charge < -0.3 is 0 Å². The predicted molar refractivity (Wildman–Crippen MR) is 98.5 cm³/mol. The number of amides is 1. The number of halogens is 4. The fourth-order valence-electron chi connectivity index (χ4n) is 2.09. The molecule has 0 saturated carbocycles. The number of hydrogen-bond acceptors (Lipinski definition) is 3. The fraction of sp³-hybridized carbons (Fsp3) is 0. The van der Waals surface area contributed by atoms with Crippen molar-refractivity contribution in [3.05, 3.63) is 68.5 Å². The van der Waals surface area contributed by atoms with Crippen molar-refractivity contribution >= 4 is 69.2 Å². The van der Waals surface area contributed by atoms with E-state index >= 15 is 0 Å². The first-order valence-electron chi connectivity index (χ1n) is 6.55. The van der Waals surface area contributed by atoms with Gasteiger partial charge in [0.2, 0.25) is 0 Å². The number of rotatable bonds is 2. The summed E-state index contributed by atoms with van der Waals surface area (Å²) >= 11 is 17.9. The normalized spacial score (nSPS) is 16.3. The summed E-state index contributed by atoms with van der Waals surface area (Å²) in [7, 11) is 0. The van der Waals surface area contributed by atoms with Gasteiger partial charge in [0.05, 0.1) is 20.6 Å². The average Bonchev–Trinajstić information content (AvgIpc) is 2.80. The Labute approximate surface area is 156 Å². The molecule has 122 valence electrons. The van der Waals surface area contributed by atoms with Gasteiger partial charge in [-0.15, -0.1) is 0 Å². The van der Waals surface area contributed by atoms with Crippen LogP contribution in [0.5, 0.6) is 0 Å². The molecule has 1 aliphatic rings. The molecule has 1 saturated heterocycles. The van der Waals surface area contributed by atoms with E-state index in [1.54, 1.807) is 0 Å². The first-order chi connectivity index (χ1) is 11.4. The molecule has 3 rings (SSSR count). The van der Waals surface area contributed by atoms with Gasteiger partial charge in [-0.05, 0) is 36.4 Å². The number of thioether (sulfide) groups is 1. The molecule has 0 atom stereocenters. The molecule has 2 nitrogen and oxygen atoms in total. The molecule has 2 aromatic rings. The van der Waals surface area contributed by atoms with Crippen molar-refractivity contribution in [2.75, 3.05) is 4.90 Å². The monoisotopic (exact) mass is 401 g/mol. The fourth-order valence-corrected chi connectivity index (χ4v) is 3.77. The lowest BCUT2D eigenvalue weighted by atomic mass is 10.2. The van der Waals surface area contributed by atoms with Crippen LogP contribution in [0.25, 0.3) is 6.08 Å². The minimum atomic E-state index is -0.598. The Morgan fingerprint density at radius 2 is 1.83 bits per heavy atom. The second kappa shape index (κ2) is 6.80. The van der Waals surface area contributed by atoms with Crippen LogP contribution in [0.3, 0.4) is 0 Å². The molecule has 1 aliphatic heterocycles. The van der Waals surface area contributed by atoms with Gasteiger partial charge in [-0.25, -0.2) is 8.78 Å². The molecule has 0 spiro atoms. The first kappa shape index (κ1) is 17.4. The Morgan fingerprint density at radius 3 is 2.50 bits per heavy atom. The summed E-state index contributed by atoms with van der Waals surface area (Å²) in [4.78, 5) is 14.0. The predicted octanol–water partition coefficient (Wildman–Crippen LogP) is 5.68. The number of anilines is 1. The maximum Gasteiger partial charge on any atom is 0.270 e. The third-order valence-electron chi connectivity index (χ3n) is 3.23. The Hall–Kier alpha value is -1.47. The molecule has 24 heavy (non-hydrogen) atoms. The van der Waals surface area contributed by atoms with Crippen LogP contribution in [-0.2, 0) is 4.79 Å². The van der Waals surface area contributed by atoms with Crippen LogP contribution in [0.15, 0.2) is 41.3 Å². The van der Waals surface area contributed by atoms with Crippen molar-refractivity contribution in [1.82, 2.24) is 0 Å². The van der Waals surface area contributed by atoms with Crippen LogP contribution in [0.4, 0.5) is 14.5 Å². The van der Waals surface area contributed by atoms with Crippen LogP contribution in [-0.4, -0.2) is 10.2 Å². The molecule has 1 amide bonds. The molecule has 2 aromatic carbocycles. The lowest BCUT2D eigenvalue weighted by Gasteiger charge is -2.14. The summed E-state index contributed by atoms with van der Waals surface area (Å²) in [6.45, 7) is 0. The minimum absolute atomic E-state index is 0.108. The van der Waals surface area contributed by atoms with Crippen LogP contribution >= 0.6 is 47.2 Å². The molecule has 0 aliphatic carbocycles. The second-order valence-electron chi connectivity index (χ2n) is 4.75. The van der Waals surface area contributed by atoms with E-state index in [0.717, 1.165) is 17.8 Å². The summed E-state index contributed by atoms with van der Waals surface area (Å²) in [5.41, 5.74) is 0.448. The minimum Gasteiger partial charge on any atom is -0.268 e. The standard InChI is InChI=1S/C16H7Cl2F2NOS2/c17-10-2-1-3-12(19)9(10)7-14-15(22)21(16(23)24-14)8-4-5-13(20)11(18)6-8/h1-7H/b14-7+. The zero-order valence-corrected chi connectivity index (χ0v) is 14.9. The summed E-state index contributed by atoms with van der Waals surface area (Å²) in [6.07, 6.45) is 1.35. The summed E-state index contributed by atoms with van der Waals surface area (Å²) in [5.74, 6) is -1.59. The maximum absolute atomic E-state index is 13.9. The van der Waals surface area contributed by atoms with Gasteiger partial charge in [-0.1, -0.05) is 53.2 Å². The summed E-state index contributed by atoms with van der Waals surface area (Å²) in [6, 6.07) is 8.09. The molecule has 0 bridgehead atoms. The van der Waals surface area contributed by atoms with E-state index in [0.29, 0.717) is 5.69 Å². The number of hydrogen-bond donors (Lipinski definition) is 0. The summed E-state index contributed by atoms with van der Waals surface area (Å²) in [5, 5.41) is 0.0628. The third kappa shape index (κ3) is 3.19. The molecule has 0 aromatic heterocycles. The topological polar surface area (TPSA) is 20.3 Å². The number of carbonyl (C=O) groups excluding carboxylic acids is 1. The van der Waals surface area contributed by atoms with Gasteiger partial charge in [-0.3, -0.25) is 9.69 Å². The molecule has 0 unspecified atom stereocenters. The SMILES string of the molecule is O=C1/C(=C\c2c(F)cccc2Cl)SC(=S)N1c1ccc(F)c(Cl)c1. The quantitative estimate of drug-likeness (QED) is 0.476. The van der Waals surface area contributed by atoms with Gasteiger partial charge >= 0.3 is 0 Å². The Balaban J connectivity index is 2.00. The van der Waals surface area contributed by atoms with Gasteiger partial charge in [-0.2, -0.15) is 0 Å². The summed E-state index contributed by atoms with van der Waals surface area (Å²) < 4.78 is 27.4. The highest BCUT2D eigenvalue weighted by Crippen LogP contribution is 2.38. The molecule has 0 N–H and O–H groups in total. The lowest BCUT2D eigenvalue weighted by Crippen LogP contribution is -2.27. The van der Waals surface area contributed by atoms with E-state index < -0.39 is 17.5 Å². The van der Waals surface area contributed by atoms with Crippen LogP contribution in [0.2, 0.25) is 10.0 Å². The average molecular weight is 402 g/mol. The Kier molecular flexibility index (Phi) is 4.92. The number of carbonyl (C=O) groups is 1. The molecule has 1 heterocycles. The molecule has 8 heteroatoms. The van der Waals surface area contributed by atoms with Gasteiger partial charge in [0.15, 0.2) is 4.32 Å². The highest BCUT2D eigenvalue weighted by Gasteiger charge is 2.34. The zero-order valence-electron chi connectivity index (χ0n) is 11.7. The highest BCUT2D eigenvalue weighted by atomic mass is 35.5. The van der Waals surface area contributed by atoms with E-state index in [2.05, 4.69) is 0 Å². The largest absolute Gasteiger partial charge is 0.270 e. The van der Waals surface area contributed by atoms with Crippen LogP contribution in [0, 0.1) is 11.6 Å². The van der Waals surface area contributed by atoms with Crippen molar-refractivity contribution in [2.24, 2.45) is 0 Å². The Morgan fingerprint density at radius 1 is 1.08 bits per heavy atom. The lowest BCUT2D eigenvalue weighted by molar-refractivity contribution is -0.113. The van der Waals surface area contributed by atoms with E-state index in [-0.39, 0.29) is 24.8 Å². The number of thiocarbonyl (C=S) groups is 1. The maximum atomic E-state index is 13.9. The zero-order chi connectivity index (χ0) is 17.4. The van der Waals surface area contributed by atoms with Crippen LogP contribution in [0.1, 0.15) is 5.56 Å². The van der Waals surface area contributed by atoms with E-state index in [4.69, 9.17) is 35.4 Å². The molecular formula is C16H7Cl2F2NOS2. The van der Waals surface area contributed by atoms with Gasteiger partial charge in [0.1, 0.15) is 11.6 Å². The van der Waals surface area contributed by atoms with E-state index in [9.17, 15) is 13.6 Å². The van der Waals surface area contributed by atoms with Gasteiger partial charge in [0, 0.05) is 5.56 Å². The van der Waals surface area contributed by atoms with Crippen molar-refractivity contribution in [3.8, 4) is 0 Å². The first-order valence-corrected chi connectivity index (χ1v) is 8.53. The van der Waals surface area contributed by atoms with Gasteiger partial charge in [0.25, 0.3) is 5.91 Å². The van der Waals surface area contributed by atoms with Crippen molar-refractivity contribution < 1.29 is 13.6 Å².